The highest BCUT2D eigenvalue weighted by molar-refractivity contribution is 7.89. The number of aromatic nitrogens is 3. The fourth-order valence-corrected chi connectivity index (χ4v) is 2.53. The average molecular weight is 328 g/mol. The number of nitrogens with one attached hydrogen (secondary N) is 1. The molecule has 0 aromatic carbocycles. The molecule has 0 fully saturated rings. The van der Waals surface area contributed by atoms with Crippen molar-refractivity contribution in [3.63, 3.8) is 0 Å². The van der Waals surface area contributed by atoms with Crippen molar-refractivity contribution in [1.29, 1.82) is 0 Å². The molecule has 7 nitrogen and oxygen atoms in total. The highest BCUT2D eigenvalue weighted by Gasteiger charge is 2.14. The molecule has 0 aliphatic heterocycles. The largest absolute Gasteiger partial charge is 0.347 e. The van der Waals surface area contributed by atoms with Crippen molar-refractivity contribution in [1.82, 2.24) is 19.7 Å². The van der Waals surface area contributed by atoms with Crippen molar-refractivity contribution in [3.8, 4) is 0 Å². The first-order chi connectivity index (χ1) is 9.88. The monoisotopic (exact) mass is 327 g/mol. The second kappa shape index (κ2) is 6.33. The topological polar surface area (TPSA) is 88.1 Å². The molecule has 2 aromatic rings. The van der Waals surface area contributed by atoms with Gasteiger partial charge in [0.05, 0.1) is 0 Å². The van der Waals surface area contributed by atoms with Crippen LogP contribution in [0.15, 0.2) is 35.6 Å². The Hall–Kier alpha value is -1.77. The number of nitrogens with zero attached hydrogens (tertiary/aromatic N) is 4. The van der Waals surface area contributed by atoms with Gasteiger partial charge < -0.3 is 4.90 Å². The average Bonchev–Trinajstić information content (AvgIpc) is 2.46. The minimum Gasteiger partial charge on any atom is -0.347 e. The van der Waals surface area contributed by atoms with E-state index < -0.39 is 10.0 Å². The number of hydrogen-bond acceptors (Lipinski definition) is 6. The van der Waals surface area contributed by atoms with Gasteiger partial charge in [0.15, 0.2) is 0 Å². The molecule has 0 bridgehead atoms. The molecule has 0 spiro atoms. The molecule has 2 aromatic heterocycles. The Labute approximate surface area is 128 Å². The van der Waals surface area contributed by atoms with Gasteiger partial charge in [0.1, 0.15) is 10.0 Å². The molecule has 112 valence electrons. The Kier molecular flexibility index (Phi) is 4.71. The van der Waals surface area contributed by atoms with Crippen molar-refractivity contribution in [2.24, 2.45) is 0 Å². The predicted molar refractivity (Wildman–Crippen MR) is 79.6 cm³/mol. The van der Waals surface area contributed by atoms with Gasteiger partial charge in [-0.25, -0.2) is 28.1 Å². The number of sulfonamides is 1. The number of hydrogen-bond donors (Lipinski definition) is 1. The van der Waals surface area contributed by atoms with Crippen LogP contribution < -0.4 is 9.62 Å². The fourth-order valence-electron chi connectivity index (χ4n) is 1.45. The Morgan fingerprint density at radius 2 is 1.81 bits per heavy atom. The van der Waals surface area contributed by atoms with Gasteiger partial charge >= 0.3 is 0 Å². The van der Waals surface area contributed by atoms with Crippen molar-refractivity contribution in [2.75, 3.05) is 19.0 Å². The molecule has 21 heavy (non-hydrogen) atoms. The maximum atomic E-state index is 12.0. The van der Waals surface area contributed by atoms with E-state index >= 15 is 0 Å². The lowest BCUT2D eigenvalue weighted by Crippen LogP contribution is -2.23. The number of halogens is 1. The molecular weight excluding hydrogens is 314 g/mol. The Bertz CT molecular complexity index is 701. The van der Waals surface area contributed by atoms with E-state index in [0.29, 0.717) is 11.5 Å². The Morgan fingerprint density at radius 3 is 2.33 bits per heavy atom. The van der Waals surface area contributed by atoms with E-state index in [4.69, 9.17) is 11.6 Å². The molecule has 0 aliphatic rings. The van der Waals surface area contributed by atoms with Crippen LogP contribution >= 0.6 is 11.6 Å². The molecular formula is C12H14ClN5O2S. The van der Waals surface area contributed by atoms with E-state index in [-0.39, 0.29) is 16.6 Å². The smallest absolute Gasteiger partial charge is 0.242 e. The maximum absolute atomic E-state index is 12.0. The van der Waals surface area contributed by atoms with Crippen LogP contribution in [-0.4, -0.2) is 37.5 Å². The number of anilines is 1. The summed E-state index contributed by atoms with van der Waals surface area (Å²) in [5.74, 6) is 0.559. The Balaban J connectivity index is 2.06. The van der Waals surface area contributed by atoms with E-state index in [1.807, 2.05) is 14.1 Å². The first-order valence-electron chi connectivity index (χ1n) is 5.98. The zero-order valence-corrected chi connectivity index (χ0v) is 13.1. The first kappa shape index (κ1) is 15.6. The molecule has 0 amide bonds. The molecule has 0 saturated heterocycles. The van der Waals surface area contributed by atoms with Gasteiger partial charge in [-0.1, -0.05) is 11.6 Å². The normalized spacial score (nSPS) is 11.4. The highest BCUT2D eigenvalue weighted by atomic mass is 35.5. The third-order valence-corrected chi connectivity index (χ3v) is 4.18. The predicted octanol–water partition coefficient (Wildman–Crippen LogP) is 1.07. The molecule has 1 N–H and O–H groups in total. The van der Waals surface area contributed by atoms with E-state index in [0.717, 1.165) is 0 Å². The summed E-state index contributed by atoms with van der Waals surface area (Å²) in [4.78, 5) is 13.8. The van der Waals surface area contributed by atoms with Crippen LogP contribution in [0.25, 0.3) is 0 Å². The third-order valence-electron chi connectivity index (χ3n) is 2.57. The van der Waals surface area contributed by atoms with Gasteiger partial charge in [-0.15, -0.1) is 0 Å². The third kappa shape index (κ3) is 4.10. The first-order valence-corrected chi connectivity index (χ1v) is 7.84. The maximum Gasteiger partial charge on any atom is 0.242 e. The van der Waals surface area contributed by atoms with E-state index in [9.17, 15) is 8.42 Å². The summed E-state index contributed by atoms with van der Waals surface area (Å²) in [6, 6.07) is 2.81. The van der Waals surface area contributed by atoms with E-state index in [1.54, 1.807) is 17.3 Å². The Morgan fingerprint density at radius 1 is 1.14 bits per heavy atom. The lowest BCUT2D eigenvalue weighted by Gasteiger charge is -2.10. The van der Waals surface area contributed by atoms with Gasteiger partial charge in [0, 0.05) is 44.8 Å². The minimum absolute atomic E-state index is 0.0535. The number of pyridine rings is 1. The summed E-state index contributed by atoms with van der Waals surface area (Å²) in [7, 11) is 0.0105. The van der Waals surface area contributed by atoms with Crippen LogP contribution in [0.1, 0.15) is 5.56 Å². The van der Waals surface area contributed by atoms with Crippen LogP contribution in [0.5, 0.6) is 0 Å². The fraction of sp³-hybridized carbons (Fsp3) is 0.250. The summed E-state index contributed by atoms with van der Waals surface area (Å²) >= 11 is 5.63. The van der Waals surface area contributed by atoms with Crippen molar-refractivity contribution in [2.45, 2.75) is 11.4 Å². The molecule has 2 rings (SSSR count). The van der Waals surface area contributed by atoms with Crippen LogP contribution in [-0.2, 0) is 16.6 Å². The molecule has 9 heteroatoms. The molecule has 0 radical (unpaired) electrons. The molecule has 0 atom stereocenters. The summed E-state index contributed by atoms with van der Waals surface area (Å²) in [6.45, 7) is 0.0959. The molecule has 0 saturated carbocycles. The van der Waals surface area contributed by atoms with Crippen LogP contribution in [0.2, 0.25) is 5.15 Å². The summed E-state index contributed by atoms with van der Waals surface area (Å²) < 4.78 is 26.6. The standard InChI is InChI=1S/C12H14ClN5O2S/c1-18(2)12-15-5-9(6-16-12)7-17-21(19,20)10-3-4-11(13)14-8-10/h3-6,8,17H,7H2,1-2H3. The number of rotatable bonds is 5. The van der Waals surface area contributed by atoms with Gasteiger partial charge in [-0.05, 0) is 12.1 Å². The summed E-state index contributed by atoms with van der Waals surface area (Å²) in [5, 5.41) is 0.238. The molecule has 0 unspecified atom stereocenters. The second-order valence-electron chi connectivity index (χ2n) is 4.43. The van der Waals surface area contributed by atoms with Gasteiger partial charge in [-0.3, -0.25) is 0 Å². The van der Waals surface area contributed by atoms with Gasteiger partial charge in [-0.2, -0.15) is 0 Å². The summed E-state index contributed by atoms with van der Waals surface area (Å²) in [6.07, 6.45) is 4.35. The highest BCUT2D eigenvalue weighted by Crippen LogP contribution is 2.11. The van der Waals surface area contributed by atoms with E-state index in [1.165, 1.54) is 18.3 Å². The van der Waals surface area contributed by atoms with Crippen LogP contribution in [0.4, 0.5) is 5.95 Å². The van der Waals surface area contributed by atoms with Crippen LogP contribution in [0.3, 0.4) is 0 Å². The van der Waals surface area contributed by atoms with E-state index in [2.05, 4.69) is 19.7 Å². The zero-order valence-electron chi connectivity index (χ0n) is 11.5. The molecule has 0 aliphatic carbocycles. The lowest BCUT2D eigenvalue weighted by atomic mass is 10.3. The van der Waals surface area contributed by atoms with Gasteiger partial charge in [0.2, 0.25) is 16.0 Å². The zero-order chi connectivity index (χ0) is 15.5. The van der Waals surface area contributed by atoms with Crippen molar-refractivity contribution < 1.29 is 8.42 Å². The quantitative estimate of drug-likeness (QED) is 0.826. The second-order valence-corrected chi connectivity index (χ2v) is 6.58. The lowest BCUT2D eigenvalue weighted by molar-refractivity contribution is 0.580. The summed E-state index contributed by atoms with van der Waals surface area (Å²) in [5.41, 5.74) is 0.658. The van der Waals surface area contributed by atoms with Crippen molar-refractivity contribution in [3.05, 3.63) is 41.4 Å². The van der Waals surface area contributed by atoms with Gasteiger partial charge in [0.25, 0.3) is 0 Å². The minimum atomic E-state index is -3.64. The van der Waals surface area contributed by atoms with Crippen molar-refractivity contribution >= 4 is 27.6 Å². The SMILES string of the molecule is CN(C)c1ncc(CNS(=O)(=O)c2ccc(Cl)nc2)cn1. The molecule has 2 heterocycles. The van der Waals surface area contributed by atoms with Crippen LogP contribution in [0, 0.1) is 0 Å².